The standard InChI is InChI=1S/C10H8BrIO2/c1-6-2-7(5-13)9(12)3-8(6)10(14)4-11/h2-3,5H,4H2,1H3. The van der Waals surface area contributed by atoms with Crippen molar-refractivity contribution in [2.24, 2.45) is 0 Å². The van der Waals surface area contributed by atoms with Crippen molar-refractivity contribution in [1.29, 1.82) is 0 Å². The van der Waals surface area contributed by atoms with E-state index in [1.807, 2.05) is 6.92 Å². The summed E-state index contributed by atoms with van der Waals surface area (Å²) in [6.45, 7) is 1.83. The minimum Gasteiger partial charge on any atom is -0.298 e. The van der Waals surface area contributed by atoms with Gasteiger partial charge >= 0.3 is 0 Å². The number of ketones is 1. The van der Waals surface area contributed by atoms with Gasteiger partial charge in [-0.25, -0.2) is 0 Å². The van der Waals surface area contributed by atoms with Crippen molar-refractivity contribution < 1.29 is 9.59 Å². The Hall–Kier alpha value is -0.230. The smallest absolute Gasteiger partial charge is 0.173 e. The lowest BCUT2D eigenvalue weighted by atomic mass is 10.0. The quantitative estimate of drug-likeness (QED) is 0.356. The van der Waals surface area contributed by atoms with Crippen molar-refractivity contribution in [3.8, 4) is 0 Å². The third-order valence-corrected chi connectivity index (χ3v) is 3.34. The number of aldehydes is 1. The van der Waals surface area contributed by atoms with Crippen molar-refractivity contribution in [1.82, 2.24) is 0 Å². The predicted molar refractivity (Wildman–Crippen MR) is 67.4 cm³/mol. The highest BCUT2D eigenvalue weighted by atomic mass is 127. The van der Waals surface area contributed by atoms with Crippen LogP contribution in [0.1, 0.15) is 26.3 Å². The van der Waals surface area contributed by atoms with Crippen LogP contribution in [0.5, 0.6) is 0 Å². The Morgan fingerprint density at radius 1 is 1.57 bits per heavy atom. The predicted octanol–water partition coefficient (Wildman–Crippen LogP) is 2.99. The molecule has 0 aliphatic heterocycles. The molecule has 0 aromatic heterocycles. The van der Waals surface area contributed by atoms with Gasteiger partial charge in [-0.2, -0.15) is 0 Å². The molecule has 0 radical (unpaired) electrons. The SMILES string of the molecule is Cc1cc(C=O)c(I)cc1C(=O)CBr. The number of hydrogen-bond acceptors (Lipinski definition) is 2. The molecule has 74 valence electrons. The number of Topliss-reactive ketones (excluding diaryl/α,β-unsaturated/α-hetero) is 1. The minimum absolute atomic E-state index is 0.0397. The fourth-order valence-electron chi connectivity index (χ4n) is 1.17. The number of halogens is 2. The molecule has 1 rings (SSSR count). The Balaban J connectivity index is 3.28. The summed E-state index contributed by atoms with van der Waals surface area (Å²) in [5.74, 6) is 0.0397. The monoisotopic (exact) mass is 366 g/mol. The fraction of sp³-hybridized carbons (Fsp3) is 0.200. The molecule has 0 aliphatic carbocycles. The van der Waals surface area contributed by atoms with Crippen LogP contribution < -0.4 is 0 Å². The third-order valence-electron chi connectivity index (χ3n) is 1.89. The fourth-order valence-corrected chi connectivity index (χ4v) is 2.06. The summed E-state index contributed by atoms with van der Waals surface area (Å²) in [4.78, 5) is 22.1. The highest BCUT2D eigenvalue weighted by Crippen LogP contribution is 2.18. The molecule has 2 nitrogen and oxygen atoms in total. The molecule has 0 unspecified atom stereocenters. The summed E-state index contributed by atoms with van der Waals surface area (Å²) in [5, 5.41) is 0.310. The van der Waals surface area contributed by atoms with Crippen LogP contribution in [0.2, 0.25) is 0 Å². The number of carbonyl (C=O) groups excluding carboxylic acids is 2. The average molecular weight is 367 g/mol. The molecule has 14 heavy (non-hydrogen) atoms. The van der Waals surface area contributed by atoms with E-state index in [0.717, 1.165) is 15.4 Å². The van der Waals surface area contributed by atoms with Crippen LogP contribution in [0.15, 0.2) is 12.1 Å². The number of benzene rings is 1. The second-order valence-electron chi connectivity index (χ2n) is 2.86. The molecular formula is C10H8BrIO2. The number of carbonyl (C=O) groups is 2. The summed E-state index contributed by atoms with van der Waals surface area (Å²) in [7, 11) is 0. The topological polar surface area (TPSA) is 34.1 Å². The van der Waals surface area contributed by atoms with Crippen LogP contribution in [0.25, 0.3) is 0 Å². The molecule has 0 aliphatic rings. The zero-order chi connectivity index (χ0) is 10.7. The van der Waals surface area contributed by atoms with Gasteiger partial charge in [-0.1, -0.05) is 15.9 Å². The van der Waals surface area contributed by atoms with Crippen molar-refractivity contribution in [2.45, 2.75) is 6.92 Å². The molecule has 1 aromatic rings. The molecule has 0 atom stereocenters. The van der Waals surface area contributed by atoms with Crippen molar-refractivity contribution in [2.75, 3.05) is 5.33 Å². The molecule has 0 spiro atoms. The maximum atomic E-state index is 11.4. The van der Waals surface area contributed by atoms with E-state index in [2.05, 4.69) is 38.5 Å². The van der Waals surface area contributed by atoms with Gasteiger partial charge in [-0.3, -0.25) is 9.59 Å². The third kappa shape index (κ3) is 2.42. The van der Waals surface area contributed by atoms with Gasteiger partial charge in [0, 0.05) is 14.7 Å². The first-order valence-electron chi connectivity index (χ1n) is 3.94. The van der Waals surface area contributed by atoms with Gasteiger partial charge in [0.1, 0.15) is 0 Å². The largest absolute Gasteiger partial charge is 0.298 e. The van der Waals surface area contributed by atoms with Crippen LogP contribution >= 0.6 is 38.5 Å². The molecule has 0 amide bonds. The summed E-state index contributed by atoms with van der Waals surface area (Å²) in [6.07, 6.45) is 0.803. The molecule has 0 bridgehead atoms. The summed E-state index contributed by atoms with van der Waals surface area (Å²) in [5.41, 5.74) is 2.16. The highest BCUT2D eigenvalue weighted by Gasteiger charge is 2.10. The van der Waals surface area contributed by atoms with Crippen molar-refractivity contribution in [3.05, 3.63) is 32.4 Å². The van der Waals surface area contributed by atoms with E-state index in [-0.39, 0.29) is 5.78 Å². The van der Waals surface area contributed by atoms with Crippen LogP contribution in [-0.2, 0) is 0 Å². The number of aryl methyl sites for hydroxylation is 1. The zero-order valence-electron chi connectivity index (χ0n) is 7.51. The van der Waals surface area contributed by atoms with Crippen molar-refractivity contribution in [3.63, 3.8) is 0 Å². The molecule has 0 fully saturated rings. The summed E-state index contributed by atoms with van der Waals surface area (Å²) < 4.78 is 0.813. The van der Waals surface area contributed by atoms with Gasteiger partial charge in [0.2, 0.25) is 0 Å². The minimum atomic E-state index is 0.0397. The number of hydrogen-bond donors (Lipinski definition) is 0. The lowest BCUT2D eigenvalue weighted by Gasteiger charge is -2.05. The summed E-state index contributed by atoms with van der Waals surface area (Å²) in [6, 6.07) is 3.49. The van der Waals surface area contributed by atoms with Crippen LogP contribution in [-0.4, -0.2) is 17.4 Å². The maximum Gasteiger partial charge on any atom is 0.173 e. The lowest BCUT2D eigenvalue weighted by molar-refractivity contribution is 0.102. The van der Waals surface area contributed by atoms with E-state index in [0.29, 0.717) is 16.5 Å². The first-order valence-corrected chi connectivity index (χ1v) is 6.14. The number of alkyl halides is 1. The first-order chi connectivity index (χ1) is 6.60. The Kier molecular flexibility index (Phi) is 4.25. The van der Waals surface area contributed by atoms with Gasteiger partial charge < -0.3 is 0 Å². The zero-order valence-corrected chi connectivity index (χ0v) is 11.3. The van der Waals surface area contributed by atoms with E-state index < -0.39 is 0 Å². The van der Waals surface area contributed by atoms with Gasteiger partial charge in [0.25, 0.3) is 0 Å². The Morgan fingerprint density at radius 3 is 2.71 bits per heavy atom. The van der Waals surface area contributed by atoms with E-state index in [9.17, 15) is 9.59 Å². The van der Waals surface area contributed by atoms with Crippen molar-refractivity contribution >= 4 is 50.6 Å². The normalized spacial score (nSPS) is 9.93. The van der Waals surface area contributed by atoms with Gasteiger partial charge in [0.05, 0.1) is 5.33 Å². The Morgan fingerprint density at radius 2 is 2.21 bits per heavy atom. The molecular weight excluding hydrogens is 359 g/mol. The van der Waals surface area contributed by atoms with Crippen LogP contribution in [0, 0.1) is 10.5 Å². The first kappa shape index (κ1) is 11.8. The Bertz CT molecular complexity index is 388. The van der Waals surface area contributed by atoms with E-state index in [1.165, 1.54) is 0 Å². The molecule has 0 saturated carbocycles. The second kappa shape index (κ2) is 5.02. The number of rotatable bonds is 3. The van der Waals surface area contributed by atoms with Gasteiger partial charge in [-0.05, 0) is 47.2 Å². The lowest BCUT2D eigenvalue weighted by Crippen LogP contribution is -2.04. The molecule has 0 N–H and O–H groups in total. The van der Waals surface area contributed by atoms with E-state index in [4.69, 9.17) is 0 Å². The van der Waals surface area contributed by atoms with E-state index in [1.54, 1.807) is 12.1 Å². The van der Waals surface area contributed by atoms with Crippen LogP contribution in [0.4, 0.5) is 0 Å². The van der Waals surface area contributed by atoms with Gasteiger partial charge in [-0.15, -0.1) is 0 Å². The summed E-state index contributed by atoms with van der Waals surface area (Å²) >= 11 is 5.18. The molecule has 0 heterocycles. The average Bonchev–Trinajstić information content (AvgIpc) is 2.19. The van der Waals surface area contributed by atoms with Crippen LogP contribution in [0.3, 0.4) is 0 Å². The molecule has 1 aromatic carbocycles. The Labute approximate surface area is 104 Å². The molecule has 0 saturated heterocycles. The second-order valence-corrected chi connectivity index (χ2v) is 4.59. The van der Waals surface area contributed by atoms with E-state index >= 15 is 0 Å². The molecule has 4 heteroatoms. The maximum absolute atomic E-state index is 11.4. The highest BCUT2D eigenvalue weighted by molar-refractivity contribution is 14.1. The van der Waals surface area contributed by atoms with Gasteiger partial charge in [0.15, 0.2) is 12.1 Å².